The molecule has 3 heteroatoms. The molecule has 10 rings (SSSR count). The molecule has 0 fully saturated rings. The molecule has 0 atom stereocenters. The zero-order chi connectivity index (χ0) is 31.6. The van der Waals surface area contributed by atoms with Crippen LogP contribution in [-0.4, -0.2) is 14.1 Å². The van der Waals surface area contributed by atoms with Crippen molar-refractivity contribution in [2.24, 2.45) is 0 Å². The Morgan fingerprint density at radius 2 is 1.21 bits per heavy atom. The number of benzene rings is 6. The van der Waals surface area contributed by atoms with E-state index in [1.54, 1.807) is 0 Å². The van der Waals surface area contributed by atoms with E-state index in [9.17, 15) is 0 Å². The molecule has 3 nitrogen and oxygen atoms in total. The molecular formula is C45H31N3. The molecule has 0 amide bonds. The summed E-state index contributed by atoms with van der Waals surface area (Å²) in [4.78, 5) is 5.09. The predicted octanol–water partition coefficient (Wildman–Crippen LogP) is 11.6. The van der Waals surface area contributed by atoms with Crippen molar-refractivity contribution in [2.45, 2.75) is 12.8 Å². The van der Waals surface area contributed by atoms with Crippen molar-refractivity contribution in [3.63, 3.8) is 0 Å². The zero-order valence-corrected chi connectivity index (χ0v) is 26.3. The summed E-state index contributed by atoms with van der Waals surface area (Å²) in [6, 6.07) is 54.7. The lowest BCUT2D eigenvalue weighted by Gasteiger charge is -2.18. The van der Waals surface area contributed by atoms with E-state index in [-0.39, 0.29) is 0 Å². The molecule has 0 radical (unpaired) electrons. The third-order valence-corrected chi connectivity index (χ3v) is 9.97. The fraction of sp³-hybridized carbons (Fsp3) is 0.0444. The summed E-state index contributed by atoms with van der Waals surface area (Å²) in [5.41, 5.74) is 14.1. The highest BCUT2D eigenvalue weighted by atomic mass is 15.0. The molecular weight excluding hydrogens is 583 g/mol. The molecule has 0 saturated carbocycles. The van der Waals surface area contributed by atoms with E-state index in [1.165, 1.54) is 60.4 Å². The van der Waals surface area contributed by atoms with Crippen molar-refractivity contribution in [1.29, 1.82) is 0 Å². The fourth-order valence-electron chi connectivity index (χ4n) is 7.85. The standard InChI is InChI=1S/C45H31N3/c1-2-14-31(15-3-1)38-22-12-23-39(46-38)32-17-10-18-33(29-32)47-42-25-9-7-21-37(42)44-43(47)28-27-36-35-20-6-8-24-41(35)48(45(36)44)40-26-11-16-30-13-4-5-19-34(30)40/h1-3,5-12,14-29H,4,13H2. The minimum absolute atomic E-state index is 0.961. The van der Waals surface area contributed by atoms with Gasteiger partial charge in [-0.25, -0.2) is 4.98 Å². The van der Waals surface area contributed by atoms with Crippen molar-refractivity contribution < 1.29 is 0 Å². The van der Waals surface area contributed by atoms with E-state index in [1.807, 2.05) is 6.07 Å². The fourth-order valence-corrected chi connectivity index (χ4v) is 7.85. The van der Waals surface area contributed by atoms with Gasteiger partial charge >= 0.3 is 0 Å². The third kappa shape index (κ3) is 4.04. The summed E-state index contributed by atoms with van der Waals surface area (Å²) >= 11 is 0. The van der Waals surface area contributed by atoms with Gasteiger partial charge < -0.3 is 9.13 Å². The highest BCUT2D eigenvalue weighted by molar-refractivity contribution is 6.26. The summed E-state index contributed by atoms with van der Waals surface area (Å²) in [5.74, 6) is 0. The number of pyridine rings is 1. The van der Waals surface area contributed by atoms with Crippen LogP contribution < -0.4 is 0 Å². The summed E-state index contributed by atoms with van der Waals surface area (Å²) in [6.07, 6.45) is 6.81. The Labute approximate surface area is 278 Å². The zero-order valence-electron chi connectivity index (χ0n) is 26.3. The Balaban J connectivity index is 1.26. The molecule has 3 heterocycles. The van der Waals surface area contributed by atoms with Crippen LogP contribution in [0.3, 0.4) is 0 Å². The normalized spacial score (nSPS) is 12.8. The van der Waals surface area contributed by atoms with Gasteiger partial charge in [-0.2, -0.15) is 0 Å². The van der Waals surface area contributed by atoms with E-state index in [0.29, 0.717) is 0 Å². The number of fused-ring (bicyclic) bond motifs is 8. The molecule has 3 aromatic heterocycles. The maximum absolute atomic E-state index is 5.09. The molecule has 6 aromatic carbocycles. The van der Waals surface area contributed by atoms with Gasteiger partial charge in [0.1, 0.15) is 0 Å². The quantitative estimate of drug-likeness (QED) is 0.194. The van der Waals surface area contributed by atoms with Gasteiger partial charge in [-0.05, 0) is 66.9 Å². The predicted molar refractivity (Wildman–Crippen MR) is 201 cm³/mol. The van der Waals surface area contributed by atoms with Gasteiger partial charge in [0.05, 0.1) is 39.1 Å². The molecule has 0 saturated heterocycles. The van der Waals surface area contributed by atoms with Crippen LogP contribution in [0.4, 0.5) is 0 Å². The summed E-state index contributed by atoms with van der Waals surface area (Å²) in [7, 11) is 0. The summed E-state index contributed by atoms with van der Waals surface area (Å²) in [6.45, 7) is 0. The number of rotatable bonds is 4. The minimum atomic E-state index is 0.961. The van der Waals surface area contributed by atoms with Crippen LogP contribution in [0.15, 0.2) is 158 Å². The number of hydrogen-bond acceptors (Lipinski definition) is 1. The van der Waals surface area contributed by atoms with Gasteiger partial charge in [-0.1, -0.05) is 115 Å². The second kappa shape index (κ2) is 10.7. The van der Waals surface area contributed by atoms with Gasteiger partial charge in [0, 0.05) is 43.9 Å². The van der Waals surface area contributed by atoms with Crippen LogP contribution in [0.5, 0.6) is 0 Å². The van der Waals surface area contributed by atoms with E-state index in [0.717, 1.165) is 41.0 Å². The maximum Gasteiger partial charge on any atom is 0.0710 e. The van der Waals surface area contributed by atoms with E-state index in [4.69, 9.17) is 4.98 Å². The van der Waals surface area contributed by atoms with Crippen LogP contribution in [-0.2, 0) is 6.42 Å². The Hall–Kier alpha value is -6.19. The van der Waals surface area contributed by atoms with E-state index < -0.39 is 0 Å². The molecule has 0 N–H and O–H groups in total. The van der Waals surface area contributed by atoms with Gasteiger partial charge in [0.25, 0.3) is 0 Å². The highest BCUT2D eigenvalue weighted by Gasteiger charge is 2.22. The maximum atomic E-state index is 5.09. The smallest absolute Gasteiger partial charge is 0.0710 e. The largest absolute Gasteiger partial charge is 0.309 e. The second-order valence-corrected chi connectivity index (χ2v) is 12.7. The van der Waals surface area contributed by atoms with Crippen molar-refractivity contribution in [3.05, 3.63) is 169 Å². The van der Waals surface area contributed by atoms with Crippen molar-refractivity contribution in [2.75, 3.05) is 0 Å². The average molecular weight is 614 g/mol. The highest BCUT2D eigenvalue weighted by Crippen LogP contribution is 2.43. The number of allylic oxidation sites excluding steroid dienone is 1. The van der Waals surface area contributed by atoms with E-state index in [2.05, 4.69) is 167 Å². The number of nitrogens with zero attached hydrogens (tertiary/aromatic N) is 3. The van der Waals surface area contributed by atoms with Gasteiger partial charge in [0.15, 0.2) is 0 Å². The first-order valence-electron chi connectivity index (χ1n) is 16.7. The first-order valence-corrected chi connectivity index (χ1v) is 16.7. The molecule has 0 spiro atoms. The Morgan fingerprint density at radius 3 is 2.08 bits per heavy atom. The average Bonchev–Trinajstić information content (AvgIpc) is 3.68. The third-order valence-electron chi connectivity index (χ3n) is 9.97. The lowest BCUT2D eigenvalue weighted by Crippen LogP contribution is -2.03. The first-order chi connectivity index (χ1) is 23.8. The Kier molecular flexibility index (Phi) is 6.00. The topological polar surface area (TPSA) is 22.8 Å². The second-order valence-electron chi connectivity index (χ2n) is 12.7. The SMILES string of the molecule is C1=Cc2c(cccc2-n2c3ccccc3c3ccc4c(c5ccccc5n4-c4cccc(-c5cccc(-c6ccccc6)n5)c4)c32)CC1. The monoisotopic (exact) mass is 613 g/mol. The Morgan fingerprint density at radius 1 is 0.500 bits per heavy atom. The molecule has 48 heavy (non-hydrogen) atoms. The molecule has 1 aliphatic carbocycles. The first kappa shape index (κ1) is 27.0. The molecule has 9 aromatic rings. The number of hydrogen-bond donors (Lipinski definition) is 0. The molecule has 0 bridgehead atoms. The lowest BCUT2D eigenvalue weighted by atomic mass is 9.95. The molecule has 0 aliphatic heterocycles. The van der Waals surface area contributed by atoms with Crippen molar-refractivity contribution >= 4 is 49.7 Å². The van der Waals surface area contributed by atoms with Gasteiger partial charge in [-0.3, -0.25) is 0 Å². The number of aryl methyl sites for hydroxylation is 1. The van der Waals surface area contributed by atoms with Crippen LogP contribution in [0, 0.1) is 0 Å². The summed E-state index contributed by atoms with van der Waals surface area (Å²) in [5, 5.41) is 5.06. The molecule has 226 valence electrons. The van der Waals surface area contributed by atoms with Crippen LogP contribution in [0.1, 0.15) is 17.5 Å². The van der Waals surface area contributed by atoms with Gasteiger partial charge in [-0.15, -0.1) is 0 Å². The Bertz CT molecular complexity index is 2720. The van der Waals surface area contributed by atoms with Crippen LogP contribution >= 0.6 is 0 Å². The van der Waals surface area contributed by atoms with Gasteiger partial charge in [0.2, 0.25) is 0 Å². The van der Waals surface area contributed by atoms with Crippen LogP contribution in [0.25, 0.3) is 83.6 Å². The van der Waals surface area contributed by atoms with Crippen molar-refractivity contribution in [1.82, 2.24) is 14.1 Å². The number of aromatic nitrogens is 3. The lowest BCUT2D eigenvalue weighted by molar-refractivity contribution is 0.977. The molecule has 1 aliphatic rings. The molecule has 0 unspecified atom stereocenters. The minimum Gasteiger partial charge on any atom is -0.309 e. The number of para-hydroxylation sites is 2. The van der Waals surface area contributed by atoms with Crippen molar-refractivity contribution in [3.8, 4) is 33.9 Å². The van der Waals surface area contributed by atoms with E-state index >= 15 is 0 Å². The van der Waals surface area contributed by atoms with Crippen LogP contribution in [0.2, 0.25) is 0 Å². The summed E-state index contributed by atoms with van der Waals surface area (Å²) < 4.78 is 4.95.